The van der Waals surface area contributed by atoms with Crippen LogP contribution >= 0.6 is 11.6 Å². The number of rotatable bonds is 4. The molecule has 0 saturated heterocycles. The van der Waals surface area contributed by atoms with Crippen molar-refractivity contribution in [2.45, 2.75) is 19.3 Å². The molecule has 0 aliphatic heterocycles. The molecule has 1 fully saturated rings. The fourth-order valence-electron chi connectivity index (χ4n) is 2.52. The van der Waals surface area contributed by atoms with E-state index in [4.69, 9.17) is 11.6 Å². The lowest BCUT2D eigenvalue weighted by atomic mass is 10.0. The van der Waals surface area contributed by atoms with E-state index >= 15 is 0 Å². The Labute approximate surface area is 138 Å². The molecular formula is C18H16ClF2NO. The van der Waals surface area contributed by atoms with Gasteiger partial charge in [-0.05, 0) is 23.3 Å². The van der Waals surface area contributed by atoms with Gasteiger partial charge in [-0.3, -0.25) is 4.79 Å². The Morgan fingerprint density at radius 3 is 2.43 bits per heavy atom. The molecule has 0 spiro atoms. The molecule has 1 atom stereocenters. The van der Waals surface area contributed by atoms with Crippen LogP contribution in [0.1, 0.15) is 23.7 Å². The summed E-state index contributed by atoms with van der Waals surface area (Å²) in [7, 11) is 0. The molecule has 120 valence electrons. The molecule has 1 aliphatic rings. The number of hydrogen-bond donors (Lipinski definition) is 1. The summed E-state index contributed by atoms with van der Waals surface area (Å²) < 4.78 is 26.4. The molecule has 2 aromatic carbocycles. The zero-order valence-electron chi connectivity index (χ0n) is 12.6. The van der Waals surface area contributed by atoms with Crippen LogP contribution in [0.2, 0.25) is 5.02 Å². The number of carbonyl (C=O) groups is 1. The lowest BCUT2D eigenvalue weighted by Crippen LogP contribution is -2.31. The molecule has 0 bridgehead atoms. The third-order valence-corrected chi connectivity index (χ3v) is 4.66. The summed E-state index contributed by atoms with van der Waals surface area (Å²) in [4.78, 5) is 12.3. The standard InChI is InChI=1S/C18H16ClF2NO/c1-17(10-18(17,20)21)11-22-16(23)14-9-13(7-8-15(14)19)12-5-3-2-4-6-12/h2-9H,10-11H2,1H3,(H,22,23). The van der Waals surface area contributed by atoms with Gasteiger partial charge in [-0.15, -0.1) is 0 Å². The maximum atomic E-state index is 13.2. The maximum Gasteiger partial charge on any atom is 0.256 e. The molecule has 3 rings (SSSR count). The first-order chi connectivity index (χ1) is 10.8. The smallest absolute Gasteiger partial charge is 0.256 e. The fourth-order valence-corrected chi connectivity index (χ4v) is 2.72. The topological polar surface area (TPSA) is 29.1 Å². The van der Waals surface area contributed by atoms with E-state index in [0.717, 1.165) is 11.1 Å². The number of alkyl halides is 2. The zero-order valence-corrected chi connectivity index (χ0v) is 13.3. The van der Waals surface area contributed by atoms with E-state index in [1.165, 1.54) is 6.92 Å². The zero-order chi connectivity index (χ0) is 16.7. The van der Waals surface area contributed by atoms with Crippen LogP contribution in [0, 0.1) is 5.41 Å². The highest BCUT2D eigenvalue weighted by Crippen LogP contribution is 2.59. The van der Waals surface area contributed by atoms with E-state index < -0.39 is 17.2 Å². The Bertz CT molecular complexity index is 748. The van der Waals surface area contributed by atoms with E-state index in [2.05, 4.69) is 5.32 Å². The first kappa shape index (κ1) is 15.9. The molecule has 1 saturated carbocycles. The molecule has 0 heterocycles. The summed E-state index contributed by atoms with van der Waals surface area (Å²) >= 11 is 6.09. The van der Waals surface area contributed by atoms with Gasteiger partial charge in [0, 0.05) is 13.0 Å². The number of nitrogens with one attached hydrogen (secondary N) is 1. The van der Waals surface area contributed by atoms with Crippen molar-refractivity contribution in [3.63, 3.8) is 0 Å². The van der Waals surface area contributed by atoms with Crippen molar-refractivity contribution in [2.75, 3.05) is 6.54 Å². The van der Waals surface area contributed by atoms with Crippen molar-refractivity contribution in [1.29, 1.82) is 0 Å². The summed E-state index contributed by atoms with van der Waals surface area (Å²) in [5.41, 5.74) is 0.953. The fraction of sp³-hybridized carbons (Fsp3) is 0.278. The normalized spacial score (nSPS) is 21.7. The largest absolute Gasteiger partial charge is 0.351 e. The van der Waals surface area contributed by atoms with Crippen molar-refractivity contribution < 1.29 is 13.6 Å². The second-order valence-corrected chi connectivity index (χ2v) is 6.59. The van der Waals surface area contributed by atoms with Gasteiger partial charge in [0.1, 0.15) is 0 Å². The first-order valence-electron chi connectivity index (χ1n) is 7.33. The third-order valence-electron chi connectivity index (χ3n) is 4.33. The number of amides is 1. The van der Waals surface area contributed by atoms with Crippen LogP contribution in [0.5, 0.6) is 0 Å². The second-order valence-electron chi connectivity index (χ2n) is 6.19. The minimum absolute atomic E-state index is 0.0648. The van der Waals surface area contributed by atoms with E-state index in [9.17, 15) is 13.6 Å². The second kappa shape index (κ2) is 5.60. The summed E-state index contributed by atoms with van der Waals surface area (Å²) in [5, 5.41) is 2.87. The molecule has 5 heteroatoms. The van der Waals surface area contributed by atoms with Crippen LogP contribution < -0.4 is 5.32 Å². The molecule has 1 amide bonds. The lowest BCUT2D eigenvalue weighted by molar-refractivity contribution is 0.0676. The van der Waals surface area contributed by atoms with Crippen LogP contribution in [0.25, 0.3) is 11.1 Å². The average Bonchev–Trinajstić information content (AvgIpc) is 3.05. The Balaban J connectivity index is 1.78. The molecule has 2 nitrogen and oxygen atoms in total. The van der Waals surface area contributed by atoms with Crippen LogP contribution in [-0.4, -0.2) is 18.4 Å². The van der Waals surface area contributed by atoms with Crippen LogP contribution in [0.3, 0.4) is 0 Å². The molecular weight excluding hydrogens is 320 g/mol. The van der Waals surface area contributed by atoms with Crippen molar-refractivity contribution in [3.05, 3.63) is 59.1 Å². The quantitative estimate of drug-likeness (QED) is 0.855. The molecule has 1 aliphatic carbocycles. The van der Waals surface area contributed by atoms with Crippen molar-refractivity contribution in [2.24, 2.45) is 5.41 Å². The SMILES string of the molecule is CC1(CNC(=O)c2cc(-c3ccccc3)ccc2Cl)CC1(F)F. The summed E-state index contributed by atoms with van der Waals surface area (Å²) in [6.07, 6.45) is -0.196. The average molecular weight is 336 g/mol. The molecule has 2 aromatic rings. The monoisotopic (exact) mass is 335 g/mol. The van der Waals surface area contributed by atoms with Crippen molar-refractivity contribution >= 4 is 17.5 Å². The summed E-state index contributed by atoms with van der Waals surface area (Å²) in [5.74, 6) is -3.13. The highest BCUT2D eigenvalue weighted by Gasteiger charge is 2.67. The molecule has 0 aromatic heterocycles. The van der Waals surface area contributed by atoms with Gasteiger partial charge in [0.05, 0.1) is 16.0 Å². The molecule has 1 unspecified atom stereocenters. The molecule has 0 radical (unpaired) electrons. The third kappa shape index (κ3) is 3.08. The predicted molar refractivity (Wildman–Crippen MR) is 86.9 cm³/mol. The minimum Gasteiger partial charge on any atom is -0.351 e. The highest BCUT2D eigenvalue weighted by molar-refractivity contribution is 6.34. The maximum absolute atomic E-state index is 13.2. The number of hydrogen-bond acceptors (Lipinski definition) is 1. The van der Waals surface area contributed by atoms with Gasteiger partial charge in [-0.25, -0.2) is 8.78 Å². The van der Waals surface area contributed by atoms with Crippen LogP contribution in [0.4, 0.5) is 8.78 Å². The lowest BCUT2D eigenvalue weighted by Gasteiger charge is -2.13. The van der Waals surface area contributed by atoms with Gasteiger partial charge in [-0.1, -0.05) is 54.9 Å². The number of halogens is 3. The minimum atomic E-state index is -2.70. The van der Waals surface area contributed by atoms with Gasteiger partial charge >= 0.3 is 0 Å². The Morgan fingerprint density at radius 2 is 1.83 bits per heavy atom. The van der Waals surface area contributed by atoms with E-state index in [0.29, 0.717) is 10.6 Å². The Kier molecular flexibility index (Phi) is 3.88. The van der Waals surface area contributed by atoms with E-state index in [1.54, 1.807) is 12.1 Å². The molecule has 1 N–H and O–H groups in total. The van der Waals surface area contributed by atoms with Crippen molar-refractivity contribution in [1.82, 2.24) is 5.32 Å². The Morgan fingerprint density at radius 1 is 1.17 bits per heavy atom. The van der Waals surface area contributed by atoms with Gasteiger partial charge in [0.25, 0.3) is 11.8 Å². The summed E-state index contributed by atoms with van der Waals surface area (Å²) in [6.45, 7) is 1.40. The van der Waals surface area contributed by atoms with Gasteiger partial charge in [0.15, 0.2) is 0 Å². The van der Waals surface area contributed by atoms with E-state index in [-0.39, 0.29) is 13.0 Å². The van der Waals surface area contributed by atoms with Crippen molar-refractivity contribution in [3.8, 4) is 11.1 Å². The number of benzene rings is 2. The highest BCUT2D eigenvalue weighted by atomic mass is 35.5. The number of carbonyl (C=O) groups excluding carboxylic acids is 1. The van der Waals surface area contributed by atoms with Crippen LogP contribution in [0.15, 0.2) is 48.5 Å². The van der Waals surface area contributed by atoms with Crippen LogP contribution in [-0.2, 0) is 0 Å². The van der Waals surface area contributed by atoms with Gasteiger partial charge < -0.3 is 5.32 Å². The van der Waals surface area contributed by atoms with Gasteiger partial charge in [0.2, 0.25) is 0 Å². The Hall–Kier alpha value is -1.94. The molecule has 23 heavy (non-hydrogen) atoms. The van der Waals surface area contributed by atoms with E-state index in [1.807, 2.05) is 36.4 Å². The van der Waals surface area contributed by atoms with Gasteiger partial charge in [-0.2, -0.15) is 0 Å². The summed E-state index contributed by atoms with van der Waals surface area (Å²) in [6, 6.07) is 14.7. The predicted octanol–water partition coefficient (Wildman–Crippen LogP) is 4.78. The first-order valence-corrected chi connectivity index (χ1v) is 7.71.